The Morgan fingerprint density at radius 3 is 2.86 bits per heavy atom. The molecule has 0 aliphatic heterocycles. The first-order valence-corrected chi connectivity index (χ1v) is 6.40. The highest BCUT2D eigenvalue weighted by Gasteiger charge is 2.20. The average Bonchev–Trinajstić information content (AvgIpc) is 2.56. The molecular formula is C10H16N2S2. The molecule has 1 aromatic heterocycles. The molecule has 0 saturated carbocycles. The van der Waals surface area contributed by atoms with Crippen LogP contribution in [0.4, 0.5) is 0 Å². The van der Waals surface area contributed by atoms with Crippen molar-refractivity contribution in [1.29, 1.82) is 5.41 Å². The number of nitrogens with one attached hydrogen (secondary N) is 1. The van der Waals surface area contributed by atoms with E-state index in [1.165, 1.54) is 4.21 Å². The van der Waals surface area contributed by atoms with Gasteiger partial charge in [-0.2, -0.15) is 0 Å². The van der Waals surface area contributed by atoms with Gasteiger partial charge in [0.2, 0.25) is 0 Å². The molecule has 0 aliphatic carbocycles. The second kappa shape index (κ2) is 4.84. The number of rotatable bonds is 5. The molecule has 0 saturated heterocycles. The van der Waals surface area contributed by atoms with Crippen LogP contribution in [0.15, 0.2) is 21.7 Å². The van der Waals surface area contributed by atoms with Gasteiger partial charge in [0.05, 0.1) is 10.0 Å². The van der Waals surface area contributed by atoms with Crippen molar-refractivity contribution in [3.8, 4) is 0 Å². The number of hydrogen-bond acceptors (Lipinski definition) is 3. The molecule has 1 heterocycles. The van der Waals surface area contributed by atoms with E-state index in [1.807, 2.05) is 25.6 Å². The molecule has 0 atom stereocenters. The monoisotopic (exact) mass is 228 g/mol. The first-order chi connectivity index (χ1) is 6.52. The fourth-order valence-corrected chi connectivity index (χ4v) is 3.01. The molecule has 4 heteroatoms. The smallest absolute Gasteiger partial charge is 0.0963 e. The van der Waals surface area contributed by atoms with Gasteiger partial charge in [0.25, 0.3) is 0 Å². The summed E-state index contributed by atoms with van der Waals surface area (Å²) in [7, 11) is 0. The third kappa shape index (κ3) is 3.35. The van der Waals surface area contributed by atoms with E-state index in [-0.39, 0.29) is 11.3 Å². The molecule has 0 spiro atoms. The van der Waals surface area contributed by atoms with Crippen LogP contribution in [0.1, 0.15) is 20.3 Å². The summed E-state index contributed by atoms with van der Waals surface area (Å²) in [5.41, 5.74) is 5.34. The first-order valence-electron chi connectivity index (χ1n) is 4.53. The van der Waals surface area contributed by atoms with Gasteiger partial charge in [0.15, 0.2) is 0 Å². The molecular weight excluding hydrogens is 212 g/mol. The first kappa shape index (κ1) is 11.6. The highest BCUT2D eigenvalue weighted by Crippen LogP contribution is 2.28. The van der Waals surface area contributed by atoms with E-state index in [4.69, 9.17) is 11.1 Å². The predicted octanol–water partition coefficient (Wildman–Crippen LogP) is 3.19. The van der Waals surface area contributed by atoms with Crippen LogP contribution in [-0.4, -0.2) is 11.6 Å². The van der Waals surface area contributed by atoms with Crippen LogP contribution in [0.5, 0.6) is 0 Å². The molecule has 3 N–H and O–H groups in total. The lowest BCUT2D eigenvalue weighted by molar-refractivity contribution is 0.500. The summed E-state index contributed by atoms with van der Waals surface area (Å²) in [4.78, 5) is 0. The normalized spacial score (nSPS) is 11.6. The van der Waals surface area contributed by atoms with Crippen LogP contribution in [-0.2, 0) is 0 Å². The van der Waals surface area contributed by atoms with Crippen LogP contribution in [0.25, 0.3) is 0 Å². The summed E-state index contributed by atoms with van der Waals surface area (Å²) in [6.45, 7) is 4.04. The quantitative estimate of drug-likeness (QED) is 0.462. The van der Waals surface area contributed by atoms with Gasteiger partial charge in [-0.3, -0.25) is 5.41 Å². The van der Waals surface area contributed by atoms with Crippen LogP contribution in [0, 0.1) is 10.8 Å². The third-order valence-electron chi connectivity index (χ3n) is 2.20. The van der Waals surface area contributed by atoms with E-state index in [0.717, 1.165) is 12.2 Å². The maximum Gasteiger partial charge on any atom is 0.0963 e. The lowest BCUT2D eigenvalue weighted by atomic mass is 9.89. The van der Waals surface area contributed by atoms with Gasteiger partial charge < -0.3 is 5.73 Å². The topological polar surface area (TPSA) is 49.9 Å². The highest BCUT2D eigenvalue weighted by molar-refractivity contribution is 8.01. The molecule has 0 unspecified atom stereocenters. The molecule has 0 bridgehead atoms. The van der Waals surface area contributed by atoms with E-state index in [9.17, 15) is 0 Å². The maximum absolute atomic E-state index is 7.42. The summed E-state index contributed by atoms with van der Waals surface area (Å²) < 4.78 is 1.34. The Kier molecular flexibility index (Phi) is 4.01. The molecule has 14 heavy (non-hydrogen) atoms. The van der Waals surface area contributed by atoms with Crippen LogP contribution in [0.2, 0.25) is 0 Å². The Morgan fingerprint density at radius 2 is 2.36 bits per heavy atom. The second-order valence-corrected chi connectivity index (χ2v) is 6.17. The van der Waals surface area contributed by atoms with E-state index in [1.54, 1.807) is 11.3 Å². The van der Waals surface area contributed by atoms with Gasteiger partial charge in [-0.15, -0.1) is 23.1 Å². The van der Waals surface area contributed by atoms with Crippen molar-refractivity contribution in [3.05, 3.63) is 17.5 Å². The number of amidine groups is 1. The minimum Gasteiger partial charge on any atom is -0.387 e. The summed E-state index contributed by atoms with van der Waals surface area (Å²) in [5.74, 6) is 1.30. The number of nitrogens with two attached hydrogens (primary N) is 1. The van der Waals surface area contributed by atoms with E-state index >= 15 is 0 Å². The van der Waals surface area contributed by atoms with Crippen molar-refractivity contribution in [3.63, 3.8) is 0 Å². The third-order valence-corrected chi connectivity index (χ3v) is 4.33. The number of hydrogen-bond donors (Lipinski definition) is 2. The summed E-state index contributed by atoms with van der Waals surface area (Å²) in [6.07, 6.45) is 0.949. The molecule has 1 aromatic rings. The number of thiophene rings is 1. The lowest BCUT2D eigenvalue weighted by Crippen LogP contribution is -2.31. The Morgan fingerprint density at radius 1 is 1.64 bits per heavy atom. The van der Waals surface area contributed by atoms with Crippen molar-refractivity contribution in [2.24, 2.45) is 11.1 Å². The van der Waals surface area contributed by atoms with Crippen LogP contribution < -0.4 is 5.73 Å². The zero-order valence-electron chi connectivity index (χ0n) is 8.54. The maximum atomic E-state index is 7.42. The Balaban J connectivity index is 2.31. The van der Waals surface area contributed by atoms with E-state index in [0.29, 0.717) is 0 Å². The number of thioether (sulfide) groups is 1. The Labute approximate surface area is 93.4 Å². The van der Waals surface area contributed by atoms with E-state index in [2.05, 4.69) is 17.5 Å². The molecule has 1 rings (SSSR count). The minimum absolute atomic E-state index is 0.162. The fourth-order valence-electron chi connectivity index (χ4n) is 0.887. The van der Waals surface area contributed by atoms with Crippen molar-refractivity contribution >= 4 is 28.9 Å². The molecule has 2 nitrogen and oxygen atoms in total. The van der Waals surface area contributed by atoms with Gasteiger partial charge >= 0.3 is 0 Å². The molecule has 0 aromatic carbocycles. The van der Waals surface area contributed by atoms with Gasteiger partial charge in [-0.1, -0.05) is 19.9 Å². The van der Waals surface area contributed by atoms with Crippen molar-refractivity contribution in [2.45, 2.75) is 24.5 Å². The lowest BCUT2D eigenvalue weighted by Gasteiger charge is -2.22. The molecule has 78 valence electrons. The summed E-state index contributed by atoms with van der Waals surface area (Å²) in [5, 5.41) is 9.50. The largest absolute Gasteiger partial charge is 0.387 e. The van der Waals surface area contributed by atoms with E-state index < -0.39 is 0 Å². The summed E-state index contributed by atoms with van der Waals surface area (Å²) >= 11 is 3.60. The zero-order chi connectivity index (χ0) is 10.6. The average molecular weight is 228 g/mol. The Bertz CT molecular complexity index is 291. The SMILES string of the molecule is CC(C)(CCSc1cccs1)C(=N)N. The Hall–Kier alpha value is -0.480. The zero-order valence-corrected chi connectivity index (χ0v) is 10.2. The second-order valence-electron chi connectivity index (χ2n) is 3.83. The fraction of sp³-hybridized carbons (Fsp3) is 0.500. The standard InChI is InChI=1S/C10H16N2S2/c1-10(2,9(11)12)5-7-14-8-4-3-6-13-8/h3-4,6H,5,7H2,1-2H3,(H3,11,12). The van der Waals surface area contributed by atoms with Crippen molar-refractivity contribution < 1.29 is 0 Å². The molecule has 0 aliphatic rings. The summed E-state index contributed by atoms with van der Waals surface area (Å²) in [6, 6.07) is 4.18. The van der Waals surface area contributed by atoms with Crippen LogP contribution in [0.3, 0.4) is 0 Å². The highest BCUT2D eigenvalue weighted by atomic mass is 32.2. The minimum atomic E-state index is -0.162. The van der Waals surface area contributed by atoms with Crippen molar-refractivity contribution in [1.82, 2.24) is 0 Å². The molecule has 0 fully saturated rings. The predicted molar refractivity (Wildman–Crippen MR) is 65.4 cm³/mol. The molecule has 0 radical (unpaired) electrons. The van der Waals surface area contributed by atoms with Gasteiger partial charge in [0.1, 0.15) is 0 Å². The van der Waals surface area contributed by atoms with Crippen molar-refractivity contribution in [2.75, 3.05) is 5.75 Å². The van der Waals surface area contributed by atoms with Crippen LogP contribution >= 0.6 is 23.1 Å². The van der Waals surface area contributed by atoms with Gasteiger partial charge in [-0.05, 0) is 23.6 Å². The molecule has 0 amide bonds. The van der Waals surface area contributed by atoms with Gasteiger partial charge in [0, 0.05) is 5.41 Å². The van der Waals surface area contributed by atoms with Gasteiger partial charge in [-0.25, -0.2) is 0 Å².